The zero-order valence-corrected chi connectivity index (χ0v) is 14.7. The van der Waals surface area contributed by atoms with Crippen molar-refractivity contribution in [2.45, 2.75) is 65.3 Å². The van der Waals surface area contributed by atoms with Crippen LogP contribution in [0, 0.1) is 11.3 Å². The van der Waals surface area contributed by atoms with E-state index in [4.69, 9.17) is 4.74 Å². The first-order valence-electron chi connectivity index (χ1n) is 8.98. The van der Waals surface area contributed by atoms with Crippen LogP contribution in [0.4, 0.5) is 0 Å². The van der Waals surface area contributed by atoms with E-state index in [9.17, 15) is 0 Å². The lowest BCUT2D eigenvalue weighted by Gasteiger charge is -2.36. The number of hydrogen-bond acceptors (Lipinski definition) is 3. The lowest BCUT2D eigenvalue weighted by atomic mass is 9.85. The largest absolute Gasteiger partial charge is 0.381 e. The minimum atomic E-state index is 0.196. The van der Waals surface area contributed by atoms with E-state index in [1.807, 2.05) is 0 Å². The molecule has 1 N–H and O–H groups in total. The van der Waals surface area contributed by atoms with Crippen LogP contribution in [0.2, 0.25) is 0 Å². The Kier molecular flexibility index (Phi) is 6.10. The van der Waals surface area contributed by atoms with Crippen molar-refractivity contribution in [1.29, 1.82) is 0 Å². The van der Waals surface area contributed by atoms with Gasteiger partial charge in [0.1, 0.15) is 0 Å². The maximum Gasteiger partial charge on any atom is 0.0547 e. The molecule has 2 fully saturated rings. The second-order valence-corrected chi connectivity index (χ2v) is 8.39. The molecule has 2 saturated heterocycles. The first kappa shape index (κ1) is 17.2. The van der Waals surface area contributed by atoms with Crippen molar-refractivity contribution in [1.82, 2.24) is 10.2 Å². The molecule has 0 bridgehead atoms. The quantitative estimate of drug-likeness (QED) is 0.842. The van der Waals surface area contributed by atoms with E-state index < -0.39 is 0 Å². The van der Waals surface area contributed by atoms with E-state index in [1.54, 1.807) is 0 Å². The van der Waals surface area contributed by atoms with Crippen LogP contribution in [0.5, 0.6) is 0 Å². The lowest BCUT2D eigenvalue weighted by molar-refractivity contribution is 0.103. The fraction of sp³-hybridized carbons (Fsp3) is 1.00. The molecule has 0 radical (unpaired) electrons. The third-order valence-electron chi connectivity index (χ3n) is 5.26. The number of hydrogen-bond donors (Lipinski definition) is 1. The van der Waals surface area contributed by atoms with E-state index >= 15 is 0 Å². The number of nitrogens with zero attached hydrogens (tertiary/aromatic N) is 1. The van der Waals surface area contributed by atoms with Crippen molar-refractivity contribution in [2.75, 3.05) is 39.4 Å². The van der Waals surface area contributed by atoms with E-state index in [0.717, 1.165) is 25.7 Å². The molecule has 2 heterocycles. The minimum Gasteiger partial charge on any atom is -0.381 e. The van der Waals surface area contributed by atoms with Gasteiger partial charge >= 0.3 is 0 Å². The smallest absolute Gasteiger partial charge is 0.0547 e. The Bertz CT molecular complexity index is 305. The zero-order valence-electron chi connectivity index (χ0n) is 14.7. The van der Waals surface area contributed by atoms with Gasteiger partial charge in [0.25, 0.3) is 0 Å². The van der Waals surface area contributed by atoms with Gasteiger partial charge in [0.15, 0.2) is 0 Å². The standard InChI is InChI=1S/C18H36N2O/c1-5-16-7-6-10-20(11-8-16)14-18(9-12-21-15-18)13-19-17(2,3)4/h16,19H,5-15H2,1-4H3. The summed E-state index contributed by atoms with van der Waals surface area (Å²) in [4.78, 5) is 2.72. The van der Waals surface area contributed by atoms with Crippen LogP contribution in [0.25, 0.3) is 0 Å². The third kappa shape index (κ3) is 5.54. The summed E-state index contributed by atoms with van der Waals surface area (Å²) in [5, 5.41) is 3.72. The monoisotopic (exact) mass is 296 g/mol. The molecule has 2 rings (SSSR count). The van der Waals surface area contributed by atoms with Gasteiger partial charge in [0, 0.05) is 30.7 Å². The summed E-state index contributed by atoms with van der Waals surface area (Å²) < 4.78 is 5.77. The second kappa shape index (κ2) is 7.43. The van der Waals surface area contributed by atoms with Gasteiger partial charge in [0.05, 0.1) is 6.61 Å². The van der Waals surface area contributed by atoms with Gasteiger partial charge < -0.3 is 15.0 Å². The molecule has 0 saturated carbocycles. The summed E-state index contributed by atoms with van der Waals surface area (Å²) in [6, 6.07) is 0. The molecule has 0 aliphatic carbocycles. The fourth-order valence-corrected chi connectivity index (χ4v) is 3.69. The summed E-state index contributed by atoms with van der Waals surface area (Å²) >= 11 is 0. The number of rotatable bonds is 5. The van der Waals surface area contributed by atoms with E-state index in [2.05, 4.69) is 37.9 Å². The number of nitrogens with one attached hydrogen (secondary N) is 1. The Labute approximate surface area is 131 Å². The van der Waals surface area contributed by atoms with Crippen molar-refractivity contribution in [2.24, 2.45) is 11.3 Å². The van der Waals surface area contributed by atoms with Crippen molar-refractivity contribution in [3.8, 4) is 0 Å². The second-order valence-electron chi connectivity index (χ2n) is 8.39. The van der Waals surface area contributed by atoms with Crippen LogP contribution in [0.1, 0.15) is 59.8 Å². The van der Waals surface area contributed by atoms with E-state index in [0.29, 0.717) is 5.41 Å². The topological polar surface area (TPSA) is 24.5 Å². The highest BCUT2D eigenvalue weighted by Gasteiger charge is 2.37. The van der Waals surface area contributed by atoms with Gasteiger partial charge in [0.2, 0.25) is 0 Å². The number of likely N-dealkylation sites (tertiary alicyclic amines) is 1. The molecule has 3 nitrogen and oxygen atoms in total. The van der Waals surface area contributed by atoms with Crippen LogP contribution in [0.15, 0.2) is 0 Å². The Balaban J connectivity index is 1.90. The van der Waals surface area contributed by atoms with Gasteiger partial charge in [-0.2, -0.15) is 0 Å². The third-order valence-corrected chi connectivity index (χ3v) is 5.26. The maximum absolute atomic E-state index is 5.77. The minimum absolute atomic E-state index is 0.196. The van der Waals surface area contributed by atoms with E-state index in [-0.39, 0.29) is 5.54 Å². The van der Waals surface area contributed by atoms with Crippen LogP contribution < -0.4 is 5.32 Å². The van der Waals surface area contributed by atoms with Gasteiger partial charge in [-0.1, -0.05) is 13.3 Å². The molecule has 0 aromatic carbocycles. The molecular weight excluding hydrogens is 260 g/mol. The van der Waals surface area contributed by atoms with E-state index in [1.165, 1.54) is 51.7 Å². The molecular formula is C18H36N2O. The Morgan fingerprint density at radius 3 is 2.67 bits per heavy atom. The molecule has 2 aliphatic rings. The van der Waals surface area contributed by atoms with Gasteiger partial charge in [-0.25, -0.2) is 0 Å². The molecule has 0 aromatic heterocycles. The highest BCUT2D eigenvalue weighted by molar-refractivity contribution is 4.91. The predicted octanol–water partition coefficient (Wildman–Crippen LogP) is 3.29. The van der Waals surface area contributed by atoms with Gasteiger partial charge in [-0.3, -0.25) is 0 Å². The molecule has 2 unspecified atom stereocenters. The molecule has 0 amide bonds. The summed E-state index contributed by atoms with van der Waals surface area (Å²) in [7, 11) is 0. The maximum atomic E-state index is 5.77. The van der Waals surface area contributed by atoms with Crippen LogP contribution >= 0.6 is 0 Å². The van der Waals surface area contributed by atoms with Crippen LogP contribution in [-0.4, -0.2) is 49.8 Å². The van der Waals surface area contributed by atoms with Crippen molar-refractivity contribution in [3.63, 3.8) is 0 Å². The Morgan fingerprint density at radius 2 is 2.05 bits per heavy atom. The van der Waals surface area contributed by atoms with Crippen molar-refractivity contribution in [3.05, 3.63) is 0 Å². The van der Waals surface area contributed by atoms with Gasteiger partial charge in [-0.15, -0.1) is 0 Å². The highest BCUT2D eigenvalue weighted by Crippen LogP contribution is 2.31. The SMILES string of the molecule is CCC1CCCN(CC2(CNC(C)(C)C)CCOC2)CC1. The molecule has 21 heavy (non-hydrogen) atoms. The average Bonchev–Trinajstić information content (AvgIpc) is 2.76. The average molecular weight is 296 g/mol. The zero-order chi connectivity index (χ0) is 15.3. The van der Waals surface area contributed by atoms with Crippen LogP contribution in [-0.2, 0) is 4.74 Å². The van der Waals surface area contributed by atoms with Crippen LogP contribution in [0.3, 0.4) is 0 Å². The Morgan fingerprint density at radius 1 is 1.24 bits per heavy atom. The lowest BCUT2D eigenvalue weighted by Crippen LogP contribution is -2.49. The first-order valence-corrected chi connectivity index (χ1v) is 8.98. The van der Waals surface area contributed by atoms with Gasteiger partial charge in [-0.05, 0) is 65.5 Å². The van der Waals surface area contributed by atoms with Crippen molar-refractivity contribution >= 4 is 0 Å². The summed E-state index contributed by atoms with van der Waals surface area (Å²) in [6.07, 6.45) is 6.76. The first-order chi connectivity index (χ1) is 9.92. The molecule has 0 spiro atoms. The predicted molar refractivity (Wildman–Crippen MR) is 89.7 cm³/mol. The molecule has 3 heteroatoms. The normalized spacial score (nSPS) is 32.3. The Hall–Kier alpha value is -0.120. The fourth-order valence-electron chi connectivity index (χ4n) is 3.69. The summed E-state index contributed by atoms with van der Waals surface area (Å²) in [5.41, 5.74) is 0.529. The number of ether oxygens (including phenoxy) is 1. The molecule has 2 atom stereocenters. The molecule has 2 aliphatic heterocycles. The van der Waals surface area contributed by atoms with Crippen molar-refractivity contribution < 1.29 is 4.74 Å². The summed E-state index contributed by atoms with van der Waals surface area (Å²) in [5.74, 6) is 0.957. The molecule has 0 aromatic rings. The summed E-state index contributed by atoms with van der Waals surface area (Å²) in [6.45, 7) is 15.9. The highest BCUT2D eigenvalue weighted by atomic mass is 16.5. The molecule has 124 valence electrons.